The predicted molar refractivity (Wildman–Crippen MR) is 127 cm³/mol. The fourth-order valence-electron chi connectivity index (χ4n) is 3.54. The first-order valence-corrected chi connectivity index (χ1v) is 11.0. The minimum Gasteiger partial charge on any atom is -0.292 e. The van der Waals surface area contributed by atoms with Crippen molar-refractivity contribution in [1.82, 2.24) is 10.0 Å². The Hall–Kier alpha value is -3.79. The maximum Gasteiger partial charge on any atom is 0.287 e. The van der Waals surface area contributed by atoms with Crippen molar-refractivity contribution in [2.75, 3.05) is 6.54 Å². The summed E-state index contributed by atoms with van der Waals surface area (Å²) in [5, 5.41) is 13.1. The van der Waals surface area contributed by atoms with Crippen LogP contribution in [0.1, 0.15) is 41.4 Å². The van der Waals surface area contributed by atoms with Gasteiger partial charge in [-0.15, -0.1) is 0 Å². The number of carbonyl (C=O) groups excluding carboxylic acids is 4. The Kier molecular flexibility index (Phi) is 6.58. The summed E-state index contributed by atoms with van der Waals surface area (Å²) in [4.78, 5) is 63.5. The van der Waals surface area contributed by atoms with Crippen LogP contribution in [-0.4, -0.2) is 45.0 Å². The molecule has 0 aliphatic carbocycles. The molecule has 1 aliphatic rings. The molecule has 0 aromatic heterocycles. The lowest BCUT2D eigenvalue weighted by Crippen LogP contribution is -2.51. The second-order valence-corrected chi connectivity index (χ2v) is 8.58. The first kappa shape index (κ1) is 24.3. The van der Waals surface area contributed by atoms with Crippen LogP contribution in [-0.2, 0) is 0 Å². The van der Waals surface area contributed by atoms with Crippen molar-refractivity contribution in [1.29, 1.82) is 0 Å². The van der Waals surface area contributed by atoms with E-state index in [1.165, 1.54) is 54.6 Å². The Balaban J connectivity index is 1.79. The van der Waals surface area contributed by atoms with Crippen molar-refractivity contribution in [3.63, 3.8) is 0 Å². The number of Topliss-reactive ketones (excluding diaryl/α,β-unsaturated/α-hetero) is 1. The van der Waals surface area contributed by atoms with Crippen LogP contribution in [0.25, 0.3) is 0 Å². The Morgan fingerprint density at radius 1 is 0.914 bits per heavy atom. The van der Waals surface area contributed by atoms with Crippen LogP contribution in [0, 0.1) is 10.1 Å². The van der Waals surface area contributed by atoms with Gasteiger partial charge in [0.2, 0.25) is 0 Å². The lowest BCUT2D eigenvalue weighted by molar-refractivity contribution is -0.385. The minimum atomic E-state index is -1.12. The van der Waals surface area contributed by atoms with E-state index in [1.54, 1.807) is 0 Å². The number of nitro benzene ring substituents is 1. The molecule has 3 amide bonds. The Morgan fingerprint density at radius 3 is 2.20 bits per heavy atom. The highest BCUT2D eigenvalue weighted by molar-refractivity contribution is 6.37. The standard InChI is InChI=1S/C23H12Cl3N3O6/c24-13-6-4-12(5-7-13)21(31)27(11-19(30)15-9-8-14(25)10-17(15)26)28-22(32)16-2-1-3-18(29(34)35)20(16)23(28)33/h1-10H,11H2. The van der Waals surface area contributed by atoms with E-state index in [0.29, 0.717) is 15.0 Å². The van der Waals surface area contributed by atoms with Crippen molar-refractivity contribution in [3.8, 4) is 0 Å². The molecule has 0 fully saturated rings. The maximum atomic E-state index is 13.4. The zero-order chi connectivity index (χ0) is 25.4. The van der Waals surface area contributed by atoms with Crippen LogP contribution in [0.5, 0.6) is 0 Å². The summed E-state index contributed by atoms with van der Waals surface area (Å²) >= 11 is 17.9. The van der Waals surface area contributed by atoms with E-state index < -0.39 is 46.2 Å². The average molecular weight is 533 g/mol. The number of carbonyl (C=O) groups is 4. The molecule has 0 unspecified atom stereocenters. The molecular formula is C23H12Cl3N3O6. The van der Waals surface area contributed by atoms with Crippen LogP contribution in [0.3, 0.4) is 0 Å². The van der Waals surface area contributed by atoms with E-state index in [1.807, 2.05) is 0 Å². The van der Waals surface area contributed by atoms with Crippen LogP contribution in [0.15, 0.2) is 60.7 Å². The molecule has 176 valence electrons. The molecule has 0 bridgehead atoms. The van der Waals surface area contributed by atoms with Gasteiger partial charge in [0, 0.05) is 27.2 Å². The number of hydrazine groups is 1. The number of rotatable bonds is 6. The molecule has 35 heavy (non-hydrogen) atoms. The molecule has 0 atom stereocenters. The van der Waals surface area contributed by atoms with E-state index in [-0.39, 0.29) is 26.7 Å². The number of nitrogens with zero attached hydrogens (tertiary/aromatic N) is 3. The molecular weight excluding hydrogens is 521 g/mol. The van der Waals surface area contributed by atoms with Crippen LogP contribution < -0.4 is 0 Å². The third-order valence-corrected chi connectivity index (χ3v) is 5.96. The first-order valence-electron chi connectivity index (χ1n) is 9.82. The largest absolute Gasteiger partial charge is 0.292 e. The second kappa shape index (κ2) is 9.46. The number of hydrogen-bond acceptors (Lipinski definition) is 6. The van der Waals surface area contributed by atoms with Crippen molar-refractivity contribution >= 4 is 64.0 Å². The van der Waals surface area contributed by atoms with Gasteiger partial charge in [-0.05, 0) is 48.5 Å². The van der Waals surface area contributed by atoms with Gasteiger partial charge < -0.3 is 0 Å². The molecule has 3 aromatic rings. The summed E-state index contributed by atoms with van der Waals surface area (Å²) < 4.78 is 0. The van der Waals surface area contributed by atoms with Gasteiger partial charge in [-0.1, -0.05) is 40.9 Å². The van der Waals surface area contributed by atoms with Crippen LogP contribution >= 0.6 is 34.8 Å². The molecule has 0 saturated heterocycles. The monoisotopic (exact) mass is 531 g/mol. The van der Waals surface area contributed by atoms with E-state index >= 15 is 0 Å². The minimum absolute atomic E-state index is 0.000564. The average Bonchev–Trinajstić information content (AvgIpc) is 3.07. The molecule has 0 radical (unpaired) electrons. The van der Waals surface area contributed by atoms with Crippen molar-refractivity contribution in [2.24, 2.45) is 0 Å². The highest BCUT2D eigenvalue weighted by Gasteiger charge is 2.46. The number of benzene rings is 3. The SMILES string of the molecule is O=C(CN(C(=O)c1ccc(Cl)cc1)N1C(=O)c2cccc([N+](=O)[O-])c2C1=O)c1ccc(Cl)cc1Cl. The first-order chi connectivity index (χ1) is 16.6. The van der Waals surface area contributed by atoms with Gasteiger partial charge in [-0.3, -0.25) is 29.3 Å². The Labute approximate surface area is 212 Å². The number of hydrogen-bond donors (Lipinski definition) is 0. The molecule has 12 heteroatoms. The van der Waals surface area contributed by atoms with E-state index in [2.05, 4.69) is 0 Å². The zero-order valence-corrected chi connectivity index (χ0v) is 19.7. The van der Waals surface area contributed by atoms with Crippen molar-refractivity contribution in [3.05, 3.63) is 108 Å². The molecule has 0 spiro atoms. The zero-order valence-electron chi connectivity index (χ0n) is 17.4. The van der Waals surface area contributed by atoms with Crippen molar-refractivity contribution < 1.29 is 24.1 Å². The fourth-order valence-corrected chi connectivity index (χ4v) is 4.18. The number of fused-ring (bicyclic) bond motifs is 1. The van der Waals surface area contributed by atoms with Crippen LogP contribution in [0.4, 0.5) is 5.69 Å². The van der Waals surface area contributed by atoms with Crippen LogP contribution in [0.2, 0.25) is 15.1 Å². The summed E-state index contributed by atoms with van der Waals surface area (Å²) in [5.74, 6) is -3.71. The van der Waals surface area contributed by atoms with E-state index in [4.69, 9.17) is 34.8 Å². The lowest BCUT2D eigenvalue weighted by atomic mass is 10.1. The summed E-state index contributed by atoms with van der Waals surface area (Å²) in [7, 11) is 0. The highest BCUT2D eigenvalue weighted by atomic mass is 35.5. The summed E-state index contributed by atoms with van der Waals surface area (Å²) in [5.41, 5.74) is -1.35. The van der Waals surface area contributed by atoms with Gasteiger partial charge in [-0.2, -0.15) is 5.01 Å². The molecule has 0 N–H and O–H groups in total. The number of amides is 3. The van der Waals surface area contributed by atoms with E-state index in [0.717, 1.165) is 6.07 Å². The summed E-state index contributed by atoms with van der Waals surface area (Å²) in [6, 6.07) is 13.1. The molecule has 9 nitrogen and oxygen atoms in total. The molecule has 4 rings (SSSR count). The van der Waals surface area contributed by atoms with Gasteiger partial charge in [0.05, 0.1) is 15.5 Å². The number of imide groups is 1. The third-order valence-electron chi connectivity index (χ3n) is 5.16. The lowest BCUT2D eigenvalue weighted by Gasteiger charge is -2.29. The molecule has 0 saturated carbocycles. The predicted octanol–water partition coefficient (Wildman–Crippen LogP) is 5.09. The topological polar surface area (TPSA) is 118 Å². The van der Waals surface area contributed by atoms with Gasteiger partial charge in [0.15, 0.2) is 5.78 Å². The number of halogens is 3. The van der Waals surface area contributed by atoms with Gasteiger partial charge in [0.1, 0.15) is 12.1 Å². The smallest absolute Gasteiger partial charge is 0.287 e. The van der Waals surface area contributed by atoms with Gasteiger partial charge in [0.25, 0.3) is 23.4 Å². The molecule has 3 aromatic carbocycles. The van der Waals surface area contributed by atoms with E-state index in [9.17, 15) is 29.3 Å². The number of nitro groups is 1. The molecule has 1 heterocycles. The van der Waals surface area contributed by atoms with Gasteiger partial charge >= 0.3 is 0 Å². The quantitative estimate of drug-likeness (QED) is 0.189. The number of ketones is 1. The Bertz CT molecular complexity index is 1420. The highest BCUT2D eigenvalue weighted by Crippen LogP contribution is 2.32. The van der Waals surface area contributed by atoms with Gasteiger partial charge in [-0.25, -0.2) is 5.01 Å². The summed E-state index contributed by atoms with van der Waals surface area (Å²) in [6.45, 7) is -0.776. The normalized spacial score (nSPS) is 12.5. The second-order valence-electron chi connectivity index (χ2n) is 7.30. The van der Waals surface area contributed by atoms with Crippen molar-refractivity contribution in [2.45, 2.75) is 0 Å². The Morgan fingerprint density at radius 2 is 1.57 bits per heavy atom. The summed E-state index contributed by atoms with van der Waals surface area (Å²) in [6.07, 6.45) is 0. The third kappa shape index (κ3) is 4.49. The molecule has 1 aliphatic heterocycles. The maximum absolute atomic E-state index is 13.4. The fraction of sp³-hybridized carbons (Fsp3) is 0.0435.